The summed E-state index contributed by atoms with van der Waals surface area (Å²) in [6, 6.07) is 5.92. The summed E-state index contributed by atoms with van der Waals surface area (Å²) in [4.78, 5) is 20.7. The normalized spacial score (nSPS) is 11.6. The van der Waals surface area contributed by atoms with Gasteiger partial charge < -0.3 is 10.3 Å². The van der Waals surface area contributed by atoms with Crippen LogP contribution in [0.5, 0.6) is 0 Å². The maximum absolute atomic E-state index is 13.0. The summed E-state index contributed by atoms with van der Waals surface area (Å²) in [5, 5.41) is 3.02. The fourth-order valence-electron chi connectivity index (χ4n) is 2.16. The Labute approximate surface area is 122 Å². The summed E-state index contributed by atoms with van der Waals surface area (Å²) < 4.78 is 39.0. The molecule has 0 atom stereocenters. The highest BCUT2D eigenvalue weighted by molar-refractivity contribution is 5.87. The minimum atomic E-state index is -4.55. The largest absolute Gasteiger partial charge is 0.434 e. The Morgan fingerprint density at radius 3 is 2.77 bits per heavy atom. The van der Waals surface area contributed by atoms with Crippen LogP contribution in [0.15, 0.2) is 36.7 Å². The highest BCUT2D eigenvalue weighted by atomic mass is 19.4. The van der Waals surface area contributed by atoms with Crippen molar-refractivity contribution in [2.75, 3.05) is 5.32 Å². The number of pyridine rings is 2. The molecule has 22 heavy (non-hydrogen) atoms. The van der Waals surface area contributed by atoms with Gasteiger partial charge in [-0.15, -0.1) is 0 Å². The molecule has 112 valence electrons. The molecule has 0 aliphatic rings. The van der Waals surface area contributed by atoms with Gasteiger partial charge >= 0.3 is 6.18 Å². The summed E-state index contributed by atoms with van der Waals surface area (Å²) in [5.74, 6) is 0. The lowest BCUT2D eigenvalue weighted by Crippen LogP contribution is -2.09. The molecule has 3 aromatic rings. The number of hydrogen-bond donors (Lipinski definition) is 2. The Balaban J connectivity index is 2.13. The van der Waals surface area contributed by atoms with Crippen LogP contribution in [0.4, 0.5) is 18.9 Å². The fourth-order valence-corrected chi connectivity index (χ4v) is 2.16. The third-order valence-electron chi connectivity index (χ3n) is 3.06. The van der Waals surface area contributed by atoms with Gasteiger partial charge in [-0.05, 0) is 24.3 Å². The third-order valence-corrected chi connectivity index (χ3v) is 3.06. The minimum absolute atomic E-state index is 0.0575. The Morgan fingerprint density at radius 1 is 1.23 bits per heavy atom. The summed E-state index contributed by atoms with van der Waals surface area (Å²) in [6.07, 6.45) is -1.55. The van der Waals surface area contributed by atoms with Crippen LogP contribution in [0.2, 0.25) is 0 Å². The van der Waals surface area contributed by atoms with Crippen LogP contribution in [0, 0.1) is 0 Å². The number of carbonyl (C=O) groups is 1. The number of anilines is 1. The topological polar surface area (TPSA) is 70.7 Å². The molecule has 0 aliphatic carbocycles. The van der Waals surface area contributed by atoms with Crippen LogP contribution in [-0.2, 0) is 11.0 Å². The number of alkyl halides is 3. The molecule has 0 saturated carbocycles. The number of rotatable bonds is 3. The zero-order valence-electron chi connectivity index (χ0n) is 11.0. The SMILES string of the molecule is O=CNc1cnc2[nH]c(-c3cccnc3C(F)(F)F)cc2c1. The average molecular weight is 306 g/mol. The number of H-pyrrole nitrogens is 1. The number of fused-ring (bicyclic) bond motifs is 1. The molecule has 0 aromatic carbocycles. The van der Waals surface area contributed by atoms with Crippen molar-refractivity contribution < 1.29 is 18.0 Å². The molecule has 3 rings (SSSR count). The van der Waals surface area contributed by atoms with Crippen molar-refractivity contribution in [3.63, 3.8) is 0 Å². The molecule has 2 N–H and O–H groups in total. The second kappa shape index (κ2) is 5.14. The number of hydrogen-bond acceptors (Lipinski definition) is 3. The highest BCUT2D eigenvalue weighted by Crippen LogP contribution is 2.35. The number of aromatic nitrogens is 3. The first kappa shape index (κ1) is 14.1. The van der Waals surface area contributed by atoms with Crippen LogP contribution in [0.3, 0.4) is 0 Å². The van der Waals surface area contributed by atoms with E-state index in [2.05, 4.69) is 20.3 Å². The quantitative estimate of drug-likeness (QED) is 0.730. The lowest BCUT2D eigenvalue weighted by Gasteiger charge is -2.09. The molecule has 5 nitrogen and oxygen atoms in total. The molecule has 0 aliphatic heterocycles. The van der Waals surface area contributed by atoms with Gasteiger partial charge in [0, 0.05) is 22.8 Å². The highest BCUT2D eigenvalue weighted by Gasteiger charge is 2.35. The van der Waals surface area contributed by atoms with Crippen molar-refractivity contribution in [1.82, 2.24) is 15.0 Å². The number of halogens is 3. The summed E-state index contributed by atoms with van der Waals surface area (Å²) in [5.41, 5.74) is 0.107. The van der Waals surface area contributed by atoms with Crippen molar-refractivity contribution in [3.05, 3.63) is 42.4 Å². The van der Waals surface area contributed by atoms with E-state index in [0.29, 0.717) is 23.1 Å². The standard InChI is InChI=1S/C14H9F3N4O/c15-14(16,17)12-10(2-1-3-18-12)11-5-8-4-9(20-7-22)6-19-13(8)21-11/h1-7H,(H,19,21)(H,20,22). The van der Waals surface area contributed by atoms with E-state index in [1.165, 1.54) is 24.4 Å². The number of amides is 1. The zero-order valence-corrected chi connectivity index (χ0v) is 11.0. The van der Waals surface area contributed by atoms with Gasteiger partial charge in [-0.3, -0.25) is 9.78 Å². The molecule has 0 unspecified atom stereocenters. The van der Waals surface area contributed by atoms with Gasteiger partial charge in [0.25, 0.3) is 0 Å². The first-order chi connectivity index (χ1) is 10.5. The van der Waals surface area contributed by atoms with E-state index in [1.807, 2.05) is 0 Å². The molecular weight excluding hydrogens is 297 g/mol. The van der Waals surface area contributed by atoms with Crippen molar-refractivity contribution in [2.45, 2.75) is 6.18 Å². The lowest BCUT2D eigenvalue weighted by molar-refractivity contribution is -0.140. The Kier molecular flexibility index (Phi) is 3.28. The first-order valence-electron chi connectivity index (χ1n) is 6.20. The van der Waals surface area contributed by atoms with Crippen LogP contribution in [0.25, 0.3) is 22.3 Å². The minimum Gasteiger partial charge on any atom is -0.339 e. The second-order valence-corrected chi connectivity index (χ2v) is 4.50. The molecule has 1 amide bonds. The van der Waals surface area contributed by atoms with Crippen LogP contribution in [0.1, 0.15) is 5.69 Å². The molecule has 3 aromatic heterocycles. The molecule has 0 saturated heterocycles. The maximum atomic E-state index is 13.0. The van der Waals surface area contributed by atoms with Crippen molar-refractivity contribution in [3.8, 4) is 11.3 Å². The molecule has 0 spiro atoms. The Bertz CT molecular complexity index is 841. The van der Waals surface area contributed by atoms with Crippen molar-refractivity contribution >= 4 is 23.1 Å². The predicted octanol–water partition coefficient (Wildman–Crippen LogP) is 3.21. The van der Waals surface area contributed by atoms with Crippen molar-refractivity contribution in [2.24, 2.45) is 0 Å². The number of carbonyl (C=O) groups excluding carboxylic acids is 1. The van der Waals surface area contributed by atoms with Crippen LogP contribution in [-0.4, -0.2) is 21.4 Å². The van der Waals surface area contributed by atoms with Gasteiger partial charge in [-0.25, -0.2) is 4.98 Å². The first-order valence-corrected chi connectivity index (χ1v) is 6.20. The molecule has 0 bridgehead atoms. The number of nitrogens with one attached hydrogen (secondary N) is 2. The average Bonchev–Trinajstić information content (AvgIpc) is 2.90. The number of nitrogens with zero attached hydrogens (tertiary/aromatic N) is 2. The van der Waals surface area contributed by atoms with Gasteiger partial charge in [0.2, 0.25) is 6.41 Å². The Morgan fingerprint density at radius 2 is 2.05 bits per heavy atom. The summed E-state index contributed by atoms with van der Waals surface area (Å²) in [7, 11) is 0. The smallest absolute Gasteiger partial charge is 0.339 e. The van der Waals surface area contributed by atoms with E-state index in [-0.39, 0.29) is 11.3 Å². The summed E-state index contributed by atoms with van der Waals surface area (Å²) >= 11 is 0. The Hall–Kier alpha value is -2.90. The van der Waals surface area contributed by atoms with Gasteiger partial charge in [-0.1, -0.05) is 0 Å². The monoisotopic (exact) mass is 306 g/mol. The van der Waals surface area contributed by atoms with E-state index >= 15 is 0 Å². The van der Waals surface area contributed by atoms with E-state index in [1.54, 1.807) is 6.07 Å². The van der Waals surface area contributed by atoms with Crippen LogP contribution >= 0.6 is 0 Å². The predicted molar refractivity (Wildman–Crippen MR) is 74.0 cm³/mol. The summed E-state index contributed by atoms with van der Waals surface area (Å²) in [6.45, 7) is 0. The fraction of sp³-hybridized carbons (Fsp3) is 0.0714. The van der Waals surface area contributed by atoms with E-state index in [4.69, 9.17) is 0 Å². The molecule has 3 heterocycles. The van der Waals surface area contributed by atoms with E-state index < -0.39 is 11.9 Å². The molecule has 0 radical (unpaired) electrons. The van der Waals surface area contributed by atoms with Gasteiger partial charge in [0.15, 0.2) is 5.69 Å². The molecular formula is C14H9F3N4O. The van der Waals surface area contributed by atoms with Gasteiger partial charge in [0.05, 0.1) is 11.9 Å². The molecule has 8 heteroatoms. The van der Waals surface area contributed by atoms with Gasteiger partial charge in [0.1, 0.15) is 5.65 Å². The molecule has 0 fully saturated rings. The maximum Gasteiger partial charge on any atom is 0.434 e. The van der Waals surface area contributed by atoms with Gasteiger partial charge in [-0.2, -0.15) is 13.2 Å². The van der Waals surface area contributed by atoms with E-state index in [9.17, 15) is 18.0 Å². The van der Waals surface area contributed by atoms with Crippen LogP contribution < -0.4 is 5.32 Å². The third kappa shape index (κ3) is 2.50. The van der Waals surface area contributed by atoms with E-state index in [0.717, 1.165) is 6.20 Å². The number of aromatic amines is 1. The zero-order chi connectivity index (χ0) is 15.7. The second-order valence-electron chi connectivity index (χ2n) is 4.50. The van der Waals surface area contributed by atoms with Crippen molar-refractivity contribution in [1.29, 1.82) is 0 Å². The lowest BCUT2D eigenvalue weighted by atomic mass is 10.1.